The predicted molar refractivity (Wildman–Crippen MR) is 63.4 cm³/mol. The molecular weight excluding hydrogens is 218 g/mol. The fourth-order valence-corrected chi connectivity index (χ4v) is 1.41. The first-order chi connectivity index (χ1) is 8.16. The normalized spacial score (nSPS) is 9.94. The summed E-state index contributed by atoms with van der Waals surface area (Å²) in [5, 5.41) is 19.9. The topological polar surface area (TPSA) is 75.1 Å². The van der Waals surface area contributed by atoms with E-state index < -0.39 is 0 Å². The van der Waals surface area contributed by atoms with Gasteiger partial charge < -0.3 is 10.4 Å². The number of nitrogens with one attached hydrogen (secondary N) is 1. The van der Waals surface area contributed by atoms with E-state index in [1.807, 2.05) is 0 Å². The zero-order valence-corrected chi connectivity index (χ0v) is 9.21. The van der Waals surface area contributed by atoms with Crippen molar-refractivity contribution < 1.29 is 9.90 Å². The van der Waals surface area contributed by atoms with Crippen molar-refractivity contribution in [2.24, 2.45) is 0 Å². The van der Waals surface area contributed by atoms with Crippen molar-refractivity contribution in [2.45, 2.75) is 6.92 Å². The van der Waals surface area contributed by atoms with Gasteiger partial charge in [-0.1, -0.05) is 12.1 Å². The Morgan fingerprint density at radius 3 is 2.53 bits per heavy atom. The molecule has 0 atom stereocenters. The van der Waals surface area contributed by atoms with Crippen LogP contribution in [0, 0.1) is 0 Å². The third-order valence-electron chi connectivity index (χ3n) is 2.15. The first-order valence-corrected chi connectivity index (χ1v) is 5.06. The number of nitrogens with zero attached hydrogens (tertiary/aromatic N) is 2. The summed E-state index contributed by atoms with van der Waals surface area (Å²) in [7, 11) is 0. The van der Waals surface area contributed by atoms with Gasteiger partial charge >= 0.3 is 0 Å². The summed E-state index contributed by atoms with van der Waals surface area (Å²) in [6.45, 7) is 1.40. The van der Waals surface area contributed by atoms with Crippen LogP contribution in [0.1, 0.15) is 6.92 Å². The average Bonchev–Trinajstić information content (AvgIpc) is 2.30. The van der Waals surface area contributed by atoms with Crippen molar-refractivity contribution in [1.82, 2.24) is 10.2 Å². The van der Waals surface area contributed by atoms with E-state index in [1.165, 1.54) is 6.92 Å². The highest BCUT2D eigenvalue weighted by Crippen LogP contribution is 2.26. The van der Waals surface area contributed by atoms with Crippen LogP contribution < -0.4 is 5.32 Å². The standard InChI is InChI=1S/C12H11N3O2/c1-8(16)13-12-7-6-10(14-15-12)9-4-2-3-5-11(9)17/h2-7,17H,1H3,(H,13,15,16). The van der Waals surface area contributed by atoms with Gasteiger partial charge in [0.15, 0.2) is 5.82 Å². The van der Waals surface area contributed by atoms with E-state index >= 15 is 0 Å². The Hall–Kier alpha value is -2.43. The smallest absolute Gasteiger partial charge is 0.222 e. The van der Waals surface area contributed by atoms with Crippen molar-refractivity contribution in [1.29, 1.82) is 0 Å². The Bertz CT molecular complexity index is 538. The van der Waals surface area contributed by atoms with Gasteiger partial charge in [-0.25, -0.2) is 0 Å². The molecule has 1 heterocycles. The summed E-state index contributed by atoms with van der Waals surface area (Å²) in [5.41, 5.74) is 1.16. The zero-order chi connectivity index (χ0) is 12.3. The lowest BCUT2D eigenvalue weighted by molar-refractivity contribution is -0.114. The molecule has 0 fully saturated rings. The summed E-state index contributed by atoms with van der Waals surface area (Å²) in [4.78, 5) is 10.8. The lowest BCUT2D eigenvalue weighted by Gasteiger charge is -2.04. The molecule has 1 amide bonds. The van der Waals surface area contributed by atoms with Crippen LogP contribution in [0.3, 0.4) is 0 Å². The number of aromatic nitrogens is 2. The van der Waals surface area contributed by atoms with Gasteiger partial charge in [-0.2, -0.15) is 0 Å². The molecular formula is C12H11N3O2. The number of hydrogen-bond donors (Lipinski definition) is 2. The lowest BCUT2D eigenvalue weighted by atomic mass is 10.1. The number of carbonyl (C=O) groups is 1. The summed E-state index contributed by atoms with van der Waals surface area (Å²) in [5.74, 6) is 0.334. The molecule has 0 spiro atoms. The number of phenolic OH excluding ortho intramolecular Hbond substituents is 1. The van der Waals surface area contributed by atoms with Gasteiger partial charge in [0.05, 0.1) is 5.69 Å². The van der Waals surface area contributed by atoms with Gasteiger partial charge in [0.25, 0.3) is 0 Å². The first-order valence-electron chi connectivity index (χ1n) is 5.06. The molecule has 0 unspecified atom stereocenters. The van der Waals surface area contributed by atoms with Crippen molar-refractivity contribution >= 4 is 11.7 Å². The largest absolute Gasteiger partial charge is 0.507 e. The van der Waals surface area contributed by atoms with Crippen LogP contribution in [0.4, 0.5) is 5.82 Å². The highest BCUT2D eigenvalue weighted by molar-refractivity contribution is 5.87. The number of anilines is 1. The van der Waals surface area contributed by atoms with Gasteiger partial charge in [0.1, 0.15) is 5.75 Å². The minimum Gasteiger partial charge on any atom is -0.507 e. The molecule has 5 heteroatoms. The second kappa shape index (κ2) is 4.61. The average molecular weight is 229 g/mol. The lowest BCUT2D eigenvalue weighted by Crippen LogP contribution is -2.08. The Labute approximate surface area is 98.1 Å². The predicted octanol–water partition coefficient (Wildman–Crippen LogP) is 1.81. The molecule has 2 rings (SSSR count). The molecule has 86 valence electrons. The summed E-state index contributed by atoms with van der Waals surface area (Å²) in [6.07, 6.45) is 0. The van der Waals surface area contributed by atoms with Gasteiger partial charge in [0, 0.05) is 12.5 Å². The summed E-state index contributed by atoms with van der Waals surface area (Å²) < 4.78 is 0. The van der Waals surface area contributed by atoms with Crippen molar-refractivity contribution in [2.75, 3.05) is 5.32 Å². The van der Waals surface area contributed by atoms with Crippen LogP contribution in [0.5, 0.6) is 5.75 Å². The molecule has 0 aliphatic heterocycles. The molecule has 1 aromatic heterocycles. The number of phenols is 1. The number of carbonyl (C=O) groups excluding carboxylic acids is 1. The summed E-state index contributed by atoms with van der Waals surface area (Å²) in [6, 6.07) is 10.2. The third kappa shape index (κ3) is 2.57. The number of hydrogen-bond acceptors (Lipinski definition) is 4. The second-order valence-electron chi connectivity index (χ2n) is 3.50. The number of aromatic hydroxyl groups is 1. The van der Waals surface area contributed by atoms with Crippen molar-refractivity contribution in [3.05, 3.63) is 36.4 Å². The minimum atomic E-state index is -0.199. The molecule has 2 aromatic rings. The van der Waals surface area contributed by atoms with E-state index in [1.54, 1.807) is 36.4 Å². The maximum atomic E-state index is 10.8. The Morgan fingerprint density at radius 2 is 1.94 bits per heavy atom. The highest BCUT2D eigenvalue weighted by atomic mass is 16.3. The quantitative estimate of drug-likeness (QED) is 0.823. The maximum Gasteiger partial charge on any atom is 0.222 e. The van der Waals surface area contributed by atoms with E-state index in [0.717, 1.165) is 0 Å². The molecule has 0 radical (unpaired) electrons. The SMILES string of the molecule is CC(=O)Nc1ccc(-c2ccccc2O)nn1. The van der Waals surface area contributed by atoms with Crippen LogP contribution in [0.2, 0.25) is 0 Å². The van der Waals surface area contributed by atoms with Crippen LogP contribution in [-0.4, -0.2) is 21.2 Å². The number of para-hydroxylation sites is 1. The minimum absolute atomic E-state index is 0.147. The van der Waals surface area contributed by atoms with E-state index in [0.29, 0.717) is 17.1 Å². The first kappa shape index (κ1) is 11.1. The van der Waals surface area contributed by atoms with E-state index in [2.05, 4.69) is 15.5 Å². The number of amides is 1. The fraction of sp³-hybridized carbons (Fsp3) is 0.0833. The molecule has 0 aliphatic carbocycles. The van der Waals surface area contributed by atoms with Gasteiger partial charge in [0.2, 0.25) is 5.91 Å². The summed E-state index contributed by atoms with van der Waals surface area (Å²) >= 11 is 0. The zero-order valence-electron chi connectivity index (χ0n) is 9.21. The fourth-order valence-electron chi connectivity index (χ4n) is 1.41. The maximum absolute atomic E-state index is 10.8. The van der Waals surface area contributed by atoms with Crippen LogP contribution in [0.25, 0.3) is 11.3 Å². The van der Waals surface area contributed by atoms with Gasteiger partial charge in [-0.05, 0) is 24.3 Å². The Kier molecular flexibility index (Phi) is 3.00. The molecule has 17 heavy (non-hydrogen) atoms. The van der Waals surface area contributed by atoms with Crippen LogP contribution in [-0.2, 0) is 4.79 Å². The monoisotopic (exact) mass is 229 g/mol. The second-order valence-corrected chi connectivity index (χ2v) is 3.50. The molecule has 5 nitrogen and oxygen atoms in total. The Balaban J connectivity index is 2.30. The van der Waals surface area contributed by atoms with Crippen LogP contribution >= 0.6 is 0 Å². The van der Waals surface area contributed by atoms with Crippen LogP contribution in [0.15, 0.2) is 36.4 Å². The molecule has 1 aromatic carbocycles. The van der Waals surface area contributed by atoms with Crippen molar-refractivity contribution in [3.8, 4) is 17.0 Å². The van der Waals surface area contributed by atoms with E-state index in [-0.39, 0.29) is 11.7 Å². The van der Waals surface area contributed by atoms with Crippen molar-refractivity contribution in [3.63, 3.8) is 0 Å². The van der Waals surface area contributed by atoms with Gasteiger partial charge in [-0.15, -0.1) is 10.2 Å². The molecule has 0 saturated carbocycles. The van der Waals surface area contributed by atoms with E-state index in [4.69, 9.17) is 0 Å². The Morgan fingerprint density at radius 1 is 1.18 bits per heavy atom. The highest BCUT2D eigenvalue weighted by Gasteiger charge is 2.05. The molecule has 0 bridgehead atoms. The molecule has 0 saturated heterocycles. The number of rotatable bonds is 2. The molecule has 0 aliphatic rings. The van der Waals surface area contributed by atoms with E-state index in [9.17, 15) is 9.90 Å². The number of benzene rings is 1. The third-order valence-corrected chi connectivity index (χ3v) is 2.15. The molecule has 2 N–H and O–H groups in total. The van der Waals surface area contributed by atoms with Gasteiger partial charge in [-0.3, -0.25) is 4.79 Å².